The molecule has 0 radical (unpaired) electrons. The second-order valence-electron chi connectivity index (χ2n) is 2.90. The van der Waals surface area contributed by atoms with Crippen LogP contribution in [0.2, 0.25) is 5.28 Å². The number of hydrogen-bond donors (Lipinski definition) is 2. The number of aliphatic hydroxyl groups excluding tert-OH is 1. The predicted octanol–water partition coefficient (Wildman–Crippen LogP) is 1.23. The van der Waals surface area contributed by atoms with E-state index in [-0.39, 0.29) is 17.9 Å². The average molecular weight is 202 g/mol. The Kier molecular flexibility index (Phi) is 3.45. The van der Waals surface area contributed by atoms with Crippen LogP contribution in [0.5, 0.6) is 0 Å². The fourth-order valence-corrected chi connectivity index (χ4v) is 0.979. The Balaban J connectivity index is 2.81. The molecular formula is C8H12ClN3O. The molecule has 0 aliphatic heterocycles. The van der Waals surface area contributed by atoms with Crippen molar-refractivity contribution in [2.75, 3.05) is 11.9 Å². The first-order valence-electron chi connectivity index (χ1n) is 4.00. The number of nitrogens with one attached hydrogen (secondary N) is 1. The van der Waals surface area contributed by atoms with E-state index in [1.165, 1.54) is 0 Å². The second-order valence-corrected chi connectivity index (χ2v) is 3.24. The molecule has 1 rings (SSSR count). The number of aromatic nitrogens is 2. The van der Waals surface area contributed by atoms with Gasteiger partial charge in [0.1, 0.15) is 5.82 Å². The highest BCUT2D eigenvalue weighted by Crippen LogP contribution is 2.13. The summed E-state index contributed by atoms with van der Waals surface area (Å²) < 4.78 is 0. The average Bonchev–Trinajstić information content (AvgIpc) is 2.11. The Hall–Kier alpha value is -0.870. The van der Waals surface area contributed by atoms with Crippen molar-refractivity contribution < 1.29 is 5.11 Å². The summed E-state index contributed by atoms with van der Waals surface area (Å²) >= 11 is 5.62. The maximum Gasteiger partial charge on any atom is 0.224 e. The van der Waals surface area contributed by atoms with Gasteiger partial charge in [-0.1, -0.05) is 0 Å². The molecule has 1 aromatic rings. The summed E-state index contributed by atoms with van der Waals surface area (Å²) in [6.07, 6.45) is 1.64. The molecule has 0 bridgehead atoms. The van der Waals surface area contributed by atoms with E-state index in [1.54, 1.807) is 6.20 Å². The minimum atomic E-state index is -0.0373. The molecule has 13 heavy (non-hydrogen) atoms. The zero-order valence-electron chi connectivity index (χ0n) is 7.58. The van der Waals surface area contributed by atoms with Crippen LogP contribution < -0.4 is 5.32 Å². The first kappa shape index (κ1) is 10.2. The minimum Gasteiger partial charge on any atom is -0.394 e. The second kappa shape index (κ2) is 4.39. The van der Waals surface area contributed by atoms with Crippen LogP contribution in [0.25, 0.3) is 0 Å². The lowest BCUT2D eigenvalue weighted by Gasteiger charge is -2.12. The van der Waals surface area contributed by atoms with Gasteiger partial charge in [-0.15, -0.1) is 0 Å². The van der Waals surface area contributed by atoms with Gasteiger partial charge in [0.05, 0.1) is 6.61 Å². The largest absolute Gasteiger partial charge is 0.394 e. The van der Waals surface area contributed by atoms with E-state index in [1.807, 2.05) is 13.8 Å². The summed E-state index contributed by atoms with van der Waals surface area (Å²) in [7, 11) is 0. The molecule has 0 aromatic carbocycles. The lowest BCUT2D eigenvalue weighted by Crippen LogP contribution is -2.20. The van der Waals surface area contributed by atoms with Crippen molar-refractivity contribution in [1.82, 2.24) is 9.97 Å². The van der Waals surface area contributed by atoms with E-state index in [4.69, 9.17) is 16.7 Å². The quantitative estimate of drug-likeness (QED) is 0.723. The van der Waals surface area contributed by atoms with Gasteiger partial charge >= 0.3 is 0 Å². The molecule has 2 N–H and O–H groups in total. The third kappa shape index (κ3) is 2.82. The Morgan fingerprint density at radius 1 is 1.69 bits per heavy atom. The van der Waals surface area contributed by atoms with Crippen molar-refractivity contribution in [3.05, 3.63) is 17.0 Å². The monoisotopic (exact) mass is 201 g/mol. The normalized spacial score (nSPS) is 12.6. The Morgan fingerprint density at radius 3 is 3.00 bits per heavy atom. The molecule has 1 heterocycles. The molecule has 1 atom stereocenters. The van der Waals surface area contributed by atoms with Gasteiger partial charge in [-0.05, 0) is 25.4 Å². The molecule has 1 aromatic heterocycles. The van der Waals surface area contributed by atoms with Crippen molar-refractivity contribution in [1.29, 1.82) is 0 Å². The van der Waals surface area contributed by atoms with E-state index < -0.39 is 0 Å². The number of rotatable bonds is 3. The molecule has 0 saturated carbocycles. The SMILES string of the molecule is Cc1cnc(Cl)nc1NC(C)CO. The minimum absolute atomic E-state index is 0.0373. The Morgan fingerprint density at radius 2 is 2.38 bits per heavy atom. The molecule has 72 valence electrons. The highest BCUT2D eigenvalue weighted by molar-refractivity contribution is 6.28. The van der Waals surface area contributed by atoms with Crippen LogP contribution in [-0.4, -0.2) is 27.7 Å². The molecule has 0 fully saturated rings. The number of aryl methyl sites for hydroxylation is 1. The van der Waals surface area contributed by atoms with Crippen LogP contribution in [0, 0.1) is 6.92 Å². The molecule has 4 nitrogen and oxygen atoms in total. The standard InChI is InChI=1S/C8H12ClN3O/c1-5-3-10-8(9)12-7(5)11-6(2)4-13/h3,6,13H,4H2,1-2H3,(H,10,11,12). The Bertz CT molecular complexity index is 293. The van der Waals surface area contributed by atoms with Crippen molar-refractivity contribution in [3.63, 3.8) is 0 Å². The van der Waals surface area contributed by atoms with E-state index in [9.17, 15) is 0 Å². The van der Waals surface area contributed by atoms with E-state index in [0.29, 0.717) is 5.82 Å². The molecular weight excluding hydrogens is 190 g/mol. The van der Waals surface area contributed by atoms with Crippen molar-refractivity contribution in [2.24, 2.45) is 0 Å². The van der Waals surface area contributed by atoms with E-state index in [2.05, 4.69) is 15.3 Å². The maximum absolute atomic E-state index is 8.82. The molecule has 5 heteroatoms. The summed E-state index contributed by atoms with van der Waals surface area (Å²) in [4.78, 5) is 7.82. The van der Waals surface area contributed by atoms with Gasteiger partial charge in [0.15, 0.2) is 0 Å². The number of hydrogen-bond acceptors (Lipinski definition) is 4. The summed E-state index contributed by atoms with van der Waals surface area (Å²) in [5.41, 5.74) is 0.907. The molecule has 0 amide bonds. The first-order chi connectivity index (χ1) is 6.13. The predicted molar refractivity (Wildman–Crippen MR) is 51.9 cm³/mol. The molecule has 0 aliphatic carbocycles. The van der Waals surface area contributed by atoms with Crippen molar-refractivity contribution >= 4 is 17.4 Å². The van der Waals surface area contributed by atoms with Crippen LogP contribution >= 0.6 is 11.6 Å². The Labute approximate surface area is 82.0 Å². The van der Waals surface area contributed by atoms with E-state index >= 15 is 0 Å². The van der Waals surface area contributed by atoms with Gasteiger partial charge in [-0.3, -0.25) is 0 Å². The number of anilines is 1. The summed E-state index contributed by atoms with van der Waals surface area (Å²) in [5, 5.41) is 12.0. The summed E-state index contributed by atoms with van der Waals surface area (Å²) in [6, 6.07) is -0.0373. The van der Waals surface area contributed by atoms with Crippen LogP contribution in [-0.2, 0) is 0 Å². The van der Waals surface area contributed by atoms with Gasteiger partial charge in [0.2, 0.25) is 5.28 Å². The van der Waals surface area contributed by atoms with Crippen LogP contribution in [0.15, 0.2) is 6.20 Å². The third-order valence-corrected chi connectivity index (χ3v) is 1.78. The molecule has 0 spiro atoms. The van der Waals surface area contributed by atoms with Crippen molar-refractivity contribution in [2.45, 2.75) is 19.9 Å². The third-order valence-electron chi connectivity index (χ3n) is 1.60. The number of aliphatic hydroxyl groups is 1. The lowest BCUT2D eigenvalue weighted by atomic mass is 10.3. The first-order valence-corrected chi connectivity index (χ1v) is 4.38. The molecule has 1 unspecified atom stereocenters. The highest BCUT2D eigenvalue weighted by atomic mass is 35.5. The molecule has 0 saturated heterocycles. The topological polar surface area (TPSA) is 58.0 Å². The van der Waals surface area contributed by atoms with Gasteiger partial charge in [-0.25, -0.2) is 9.97 Å². The van der Waals surface area contributed by atoms with Crippen LogP contribution in [0.1, 0.15) is 12.5 Å². The molecule has 0 aliphatic rings. The zero-order chi connectivity index (χ0) is 9.84. The van der Waals surface area contributed by atoms with E-state index in [0.717, 1.165) is 5.56 Å². The van der Waals surface area contributed by atoms with Gasteiger partial charge in [0, 0.05) is 17.8 Å². The number of nitrogens with zero attached hydrogens (tertiary/aromatic N) is 2. The zero-order valence-corrected chi connectivity index (χ0v) is 8.34. The fourth-order valence-electron chi connectivity index (χ4n) is 0.846. The maximum atomic E-state index is 8.82. The number of halogens is 1. The fraction of sp³-hybridized carbons (Fsp3) is 0.500. The highest BCUT2D eigenvalue weighted by Gasteiger charge is 2.05. The van der Waals surface area contributed by atoms with Gasteiger partial charge < -0.3 is 10.4 Å². The van der Waals surface area contributed by atoms with Crippen LogP contribution in [0.3, 0.4) is 0 Å². The van der Waals surface area contributed by atoms with Gasteiger partial charge in [-0.2, -0.15) is 0 Å². The van der Waals surface area contributed by atoms with Gasteiger partial charge in [0.25, 0.3) is 0 Å². The summed E-state index contributed by atoms with van der Waals surface area (Å²) in [6.45, 7) is 3.79. The smallest absolute Gasteiger partial charge is 0.224 e. The lowest BCUT2D eigenvalue weighted by molar-refractivity contribution is 0.281. The summed E-state index contributed by atoms with van der Waals surface area (Å²) in [5.74, 6) is 0.668. The van der Waals surface area contributed by atoms with Crippen molar-refractivity contribution in [3.8, 4) is 0 Å². The van der Waals surface area contributed by atoms with Crippen LogP contribution in [0.4, 0.5) is 5.82 Å².